The van der Waals surface area contributed by atoms with Crippen LogP contribution in [0.25, 0.3) is 11.0 Å². The van der Waals surface area contributed by atoms with Crippen molar-refractivity contribution in [1.29, 1.82) is 0 Å². The van der Waals surface area contributed by atoms with Gasteiger partial charge in [-0.15, -0.1) is 0 Å². The van der Waals surface area contributed by atoms with E-state index in [4.69, 9.17) is 9.72 Å². The van der Waals surface area contributed by atoms with Crippen LogP contribution in [-0.2, 0) is 11.3 Å². The number of aromatic nitrogens is 2. The lowest BCUT2D eigenvalue weighted by molar-refractivity contribution is -0.117. The maximum absolute atomic E-state index is 12.9. The molecule has 1 fully saturated rings. The van der Waals surface area contributed by atoms with Gasteiger partial charge in [-0.3, -0.25) is 4.79 Å². The van der Waals surface area contributed by atoms with Gasteiger partial charge in [0, 0.05) is 24.6 Å². The SMILES string of the molecule is Cc1cc(C)cc(OCCn2c([C@H]3CC(=O)N(c4cccc(C)c4)C3)nc3ccccc32)c1. The Kier molecular flexibility index (Phi) is 5.63. The molecule has 2 heterocycles. The zero-order valence-corrected chi connectivity index (χ0v) is 19.4. The van der Waals surface area contributed by atoms with E-state index in [9.17, 15) is 4.79 Å². The van der Waals surface area contributed by atoms with Crippen LogP contribution in [0.1, 0.15) is 34.9 Å². The Hall–Kier alpha value is -3.60. The van der Waals surface area contributed by atoms with E-state index >= 15 is 0 Å². The zero-order chi connectivity index (χ0) is 22.9. The number of amides is 1. The zero-order valence-electron chi connectivity index (χ0n) is 19.4. The minimum absolute atomic E-state index is 0.0478. The second-order valence-electron chi connectivity index (χ2n) is 9.03. The van der Waals surface area contributed by atoms with Crippen molar-refractivity contribution in [2.24, 2.45) is 0 Å². The summed E-state index contributed by atoms with van der Waals surface area (Å²) in [5.41, 5.74) is 6.54. The summed E-state index contributed by atoms with van der Waals surface area (Å²) >= 11 is 0. The Morgan fingerprint density at radius 3 is 2.52 bits per heavy atom. The number of fused-ring (bicyclic) bond motifs is 1. The Balaban J connectivity index is 1.40. The van der Waals surface area contributed by atoms with Crippen LogP contribution >= 0.6 is 0 Å². The van der Waals surface area contributed by atoms with Gasteiger partial charge in [0.1, 0.15) is 18.2 Å². The number of hydrogen-bond acceptors (Lipinski definition) is 3. The molecule has 168 valence electrons. The molecule has 1 aromatic heterocycles. The van der Waals surface area contributed by atoms with Gasteiger partial charge in [0.25, 0.3) is 0 Å². The van der Waals surface area contributed by atoms with E-state index in [1.807, 2.05) is 35.2 Å². The Labute approximate surface area is 194 Å². The third kappa shape index (κ3) is 4.36. The fraction of sp³-hybridized carbons (Fsp3) is 0.286. The molecule has 4 aromatic rings. The first-order chi connectivity index (χ1) is 16.0. The lowest BCUT2D eigenvalue weighted by Gasteiger charge is -2.18. The van der Waals surface area contributed by atoms with E-state index < -0.39 is 0 Å². The highest BCUT2D eigenvalue weighted by Crippen LogP contribution is 2.33. The molecule has 0 unspecified atom stereocenters. The van der Waals surface area contributed by atoms with Crippen molar-refractivity contribution >= 4 is 22.6 Å². The fourth-order valence-corrected chi connectivity index (χ4v) is 4.84. The average Bonchev–Trinajstić information content (AvgIpc) is 3.34. The minimum atomic E-state index is 0.0478. The molecule has 0 N–H and O–H groups in total. The summed E-state index contributed by atoms with van der Waals surface area (Å²) in [6, 6.07) is 22.6. The van der Waals surface area contributed by atoms with Gasteiger partial charge in [0.15, 0.2) is 0 Å². The van der Waals surface area contributed by atoms with Gasteiger partial charge in [-0.25, -0.2) is 4.98 Å². The summed E-state index contributed by atoms with van der Waals surface area (Å²) in [6.45, 7) is 8.08. The molecule has 33 heavy (non-hydrogen) atoms. The molecular weight excluding hydrogens is 410 g/mol. The normalized spacial score (nSPS) is 16.0. The molecule has 1 atom stereocenters. The van der Waals surface area contributed by atoms with Gasteiger partial charge in [-0.05, 0) is 73.9 Å². The van der Waals surface area contributed by atoms with Crippen LogP contribution in [0.4, 0.5) is 5.69 Å². The van der Waals surface area contributed by atoms with Crippen molar-refractivity contribution in [3.05, 3.63) is 89.2 Å². The molecule has 5 rings (SSSR count). The number of aryl methyl sites for hydroxylation is 3. The molecule has 1 saturated heterocycles. The van der Waals surface area contributed by atoms with Crippen LogP contribution in [0.2, 0.25) is 0 Å². The smallest absolute Gasteiger partial charge is 0.227 e. The highest BCUT2D eigenvalue weighted by molar-refractivity contribution is 5.96. The van der Waals surface area contributed by atoms with E-state index in [2.05, 4.69) is 61.7 Å². The van der Waals surface area contributed by atoms with Crippen molar-refractivity contribution in [2.45, 2.75) is 39.7 Å². The molecule has 0 bridgehead atoms. The molecule has 1 amide bonds. The van der Waals surface area contributed by atoms with Crippen molar-refractivity contribution < 1.29 is 9.53 Å². The average molecular weight is 440 g/mol. The van der Waals surface area contributed by atoms with Crippen LogP contribution in [0.3, 0.4) is 0 Å². The number of carbonyl (C=O) groups excluding carboxylic acids is 1. The summed E-state index contributed by atoms with van der Waals surface area (Å²) in [7, 11) is 0. The number of rotatable bonds is 6. The van der Waals surface area contributed by atoms with Gasteiger partial charge in [-0.2, -0.15) is 0 Å². The standard InChI is InChI=1S/C28H29N3O2/c1-19-7-6-8-23(14-19)31-18-22(17-27(31)32)28-29-25-9-4-5-10-26(25)30(28)11-12-33-24-15-20(2)13-21(3)16-24/h4-10,13-16,22H,11-12,17-18H2,1-3H3/t22-/m0/s1. The number of imidazole rings is 1. The summed E-state index contributed by atoms with van der Waals surface area (Å²) < 4.78 is 8.34. The number of nitrogens with zero attached hydrogens (tertiary/aromatic N) is 3. The topological polar surface area (TPSA) is 47.4 Å². The first-order valence-electron chi connectivity index (χ1n) is 11.5. The van der Waals surface area contributed by atoms with Crippen LogP contribution in [-0.4, -0.2) is 28.6 Å². The highest BCUT2D eigenvalue weighted by atomic mass is 16.5. The molecular formula is C28H29N3O2. The molecule has 3 aromatic carbocycles. The molecule has 5 heteroatoms. The van der Waals surface area contributed by atoms with E-state index in [0.717, 1.165) is 33.9 Å². The van der Waals surface area contributed by atoms with Crippen LogP contribution in [0.15, 0.2) is 66.7 Å². The van der Waals surface area contributed by atoms with Crippen molar-refractivity contribution in [2.75, 3.05) is 18.1 Å². The summed E-state index contributed by atoms with van der Waals surface area (Å²) in [6.07, 6.45) is 0.467. The largest absolute Gasteiger partial charge is 0.492 e. The quantitative estimate of drug-likeness (QED) is 0.395. The van der Waals surface area contributed by atoms with E-state index in [1.54, 1.807) is 0 Å². The lowest BCUT2D eigenvalue weighted by atomic mass is 10.1. The van der Waals surface area contributed by atoms with E-state index in [0.29, 0.717) is 26.1 Å². The van der Waals surface area contributed by atoms with E-state index in [-0.39, 0.29) is 11.8 Å². The molecule has 1 aliphatic rings. The lowest BCUT2D eigenvalue weighted by Crippen LogP contribution is -2.24. The van der Waals surface area contributed by atoms with Gasteiger partial charge in [-0.1, -0.05) is 30.3 Å². The van der Waals surface area contributed by atoms with Gasteiger partial charge in [0.05, 0.1) is 17.6 Å². The second kappa shape index (κ2) is 8.74. The molecule has 0 spiro atoms. The predicted octanol–water partition coefficient (Wildman–Crippen LogP) is 5.56. The number of benzene rings is 3. The number of anilines is 1. The number of para-hydroxylation sites is 2. The van der Waals surface area contributed by atoms with Gasteiger partial charge < -0.3 is 14.2 Å². The Morgan fingerprint density at radius 2 is 1.73 bits per heavy atom. The molecule has 1 aliphatic heterocycles. The van der Waals surface area contributed by atoms with Crippen molar-refractivity contribution in [1.82, 2.24) is 9.55 Å². The molecule has 0 radical (unpaired) electrons. The first kappa shape index (κ1) is 21.3. The fourth-order valence-electron chi connectivity index (χ4n) is 4.84. The van der Waals surface area contributed by atoms with Crippen LogP contribution in [0, 0.1) is 20.8 Å². The maximum atomic E-state index is 12.9. The van der Waals surface area contributed by atoms with Crippen molar-refractivity contribution in [3.63, 3.8) is 0 Å². The Morgan fingerprint density at radius 1 is 0.939 bits per heavy atom. The molecule has 5 nitrogen and oxygen atoms in total. The minimum Gasteiger partial charge on any atom is -0.492 e. The maximum Gasteiger partial charge on any atom is 0.227 e. The van der Waals surface area contributed by atoms with Gasteiger partial charge in [0.2, 0.25) is 5.91 Å². The van der Waals surface area contributed by atoms with E-state index in [1.165, 1.54) is 11.1 Å². The van der Waals surface area contributed by atoms with Crippen LogP contribution < -0.4 is 9.64 Å². The highest BCUT2D eigenvalue weighted by Gasteiger charge is 2.34. The number of carbonyl (C=O) groups is 1. The number of ether oxygens (including phenoxy) is 1. The Bertz CT molecular complexity index is 1300. The summed E-state index contributed by atoms with van der Waals surface area (Å²) in [5.74, 6) is 2.05. The summed E-state index contributed by atoms with van der Waals surface area (Å²) in [4.78, 5) is 19.8. The van der Waals surface area contributed by atoms with Gasteiger partial charge >= 0.3 is 0 Å². The van der Waals surface area contributed by atoms with Crippen LogP contribution in [0.5, 0.6) is 5.75 Å². The molecule has 0 aliphatic carbocycles. The third-order valence-corrected chi connectivity index (χ3v) is 6.27. The predicted molar refractivity (Wildman–Crippen MR) is 132 cm³/mol. The monoisotopic (exact) mass is 439 g/mol. The third-order valence-electron chi connectivity index (χ3n) is 6.27. The first-order valence-corrected chi connectivity index (χ1v) is 11.5. The second-order valence-corrected chi connectivity index (χ2v) is 9.03. The molecule has 0 saturated carbocycles. The number of hydrogen-bond donors (Lipinski definition) is 0. The van der Waals surface area contributed by atoms with Crippen molar-refractivity contribution in [3.8, 4) is 5.75 Å². The summed E-state index contributed by atoms with van der Waals surface area (Å²) in [5, 5.41) is 0.